The van der Waals surface area contributed by atoms with Gasteiger partial charge in [-0.25, -0.2) is 0 Å². The molecule has 0 saturated carbocycles. The largest absolute Gasteiger partial charge is 0.394 e. The Morgan fingerprint density at radius 3 is 1.29 bits per heavy atom. The lowest BCUT2D eigenvalue weighted by molar-refractivity contribution is -0.136. The van der Waals surface area contributed by atoms with E-state index in [4.69, 9.17) is 45.9 Å². The molecule has 30 N–H and O–H groups in total. The summed E-state index contributed by atoms with van der Waals surface area (Å²) >= 11 is 0. The summed E-state index contributed by atoms with van der Waals surface area (Å²) in [5, 5.41) is 50.2. The molecule has 0 radical (unpaired) electrons. The maximum absolute atomic E-state index is 14.1. The molecule has 0 bridgehead atoms. The Bertz CT molecular complexity index is 3010. The minimum absolute atomic E-state index is 0.0243. The van der Waals surface area contributed by atoms with E-state index in [-0.39, 0.29) is 95.8 Å². The number of nitrogens with one attached hydrogen (secondary N) is 12. The van der Waals surface area contributed by atoms with Crippen LogP contribution in [0.3, 0.4) is 0 Å². The Hall–Kier alpha value is -10.1. The Morgan fingerprint density at radius 2 is 0.808 bits per heavy atom. The number of nitrogens with zero attached hydrogens (tertiary/aromatic N) is 2. The van der Waals surface area contributed by atoms with Crippen molar-refractivity contribution in [1.29, 1.82) is 0 Å². The summed E-state index contributed by atoms with van der Waals surface area (Å²) in [6.07, 6.45) is 0.599. The third kappa shape index (κ3) is 35.1. The Morgan fingerprint density at radius 1 is 0.414 bits per heavy atom. The van der Waals surface area contributed by atoms with Crippen LogP contribution in [0.5, 0.6) is 0 Å². The zero-order chi connectivity index (χ0) is 74.0. The molecule has 0 unspecified atom stereocenters. The molecule has 37 nitrogen and oxygen atoms in total. The highest BCUT2D eigenvalue weighted by atomic mass is 16.3. The van der Waals surface area contributed by atoms with E-state index in [1.54, 1.807) is 54.6 Å². The van der Waals surface area contributed by atoms with Crippen LogP contribution in [0.2, 0.25) is 0 Å². The summed E-state index contributed by atoms with van der Waals surface area (Å²) in [6, 6.07) is 3.97. The van der Waals surface area contributed by atoms with Crippen molar-refractivity contribution in [3.8, 4) is 0 Å². The number of carbonyl (C=O) groups is 13. The van der Waals surface area contributed by atoms with Crippen molar-refractivity contribution in [3.63, 3.8) is 0 Å². The fraction of sp³-hybridized carbons (Fsp3) is 0.565. The highest BCUT2D eigenvalue weighted by molar-refractivity contribution is 5.99. The van der Waals surface area contributed by atoms with Gasteiger partial charge < -0.3 is 120 Å². The first kappa shape index (κ1) is 85.0. The molecular weight excluding hydrogens is 1290 g/mol. The van der Waals surface area contributed by atoms with E-state index in [0.29, 0.717) is 25.8 Å². The van der Waals surface area contributed by atoms with Crippen LogP contribution >= 0.6 is 0 Å². The number of aliphatic imine (C=N–C) groups is 2. The quantitative estimate of drug-likeness (QED) is 0.0166. The number of aliphatic hydroxyl groups excluding tert-OH is 2. The topological polar surface area (TPSA) is 640 Å². The van der Waals surface area contributed by atoms with Crippen molar-refractivity contribution in [1.82, 2.24) is 63.8 Å². The van der Waals surface area contributed by atoms with E-state index in [1.165, 1.54) is 20.8 Å². The summed E-state index contributed by atoms with van der Waals surface area (Å²) in [4.78, 5) is 181. The summed E-state index contributed by atoms with van der Waals surface area (Å²) in [6.45, 7) is 1.25. The van der Waals surface area contributed by atoms with Gasteiger partial charge in [-0.3, -0.25) is 72.3 Å². The molecule has 0 aliphatic rings. The predicted octanol–water partition coefficient (Wildman–Crippen LogP) is -8.84. The monoisotopic (exact) mass is 1390 g/mol. The van der Waals surface area contributed by atoms with Gasteiger partial charge in [0.2, 0.25) is 76.8 Å². The number of carbonyl (C=O) groups excluding carboxylic acids is 13. The summed E-state index contributed by atoms with van der Waals surface area (Å²) in [5.41, 5.74) is 46.2. The summed E-state index contributed by atoms with van der Waals surface area (Å²) in [7, 11) is 0. The molecule has 0 saturated heterocycles. The van der Waals surface area contributed by atoms with Crippen LogP contribution in [0.4, 0.5) is 0 Å². The number of benzene rings is 2. The zero-order valence-electron chi connectivity index (χ0n) is 56.2. The number of amides is 13. The highest BCUT2D eigenvalue weighted by Crippen LogP contribution is 2.10. The molecule has 2 aromatic carbocycles. The molecule has 2 rings (SSSR count). The van der Waals surface area contributed by atoms with Crippen molar-refractivity contribution in [3.05, 3.63) is 71.8 Å². The van der Waals surface area contributed by atoms with E-state index < -0.39 is 170 Å². The second-order valence-corrected chi connectivity index (χ2v) is 23.3. The smallest absolute Gasteiger partial charge is 0.245 e. The average molecular weight is 1400 g/mol. The van der Waals surface area contributed by atoms with E-state index in [9.17, 15) is 72.5 Å². The van der Waals surface area contributed by atoms with Crippen LogP contribution in [0.15, 0.2) is 70.6 Å². The summed E-state index contributed by atoms with van der Waals surface area (Å²) < 4.78 is 0. The van der Waals surface area contributed by atoms with Crippen molar-refractivity contribution in [2.45, 2.75) is 171 Å². The molecule has 99 heavy (non-hydrogen) atoms. The number of primary amides is 1. The van der Waals surface area contributed by atoms with Crippen LogP contribution in [0.1, 0.15) is 103 Å². The van der Waals surface area contributed by atoms with Gasteiger partial charge in [-0.15, -0.1) is 0 Å². The SMILES string of the molecule is C[C@H](NC(=O)CNC(=O)[C@@H](NC(=O)[C@H](CCc1ccccc1)NC(=O)CNC(=O)CNC(=O)[C@@H](N)Cc1ccccc1)[C@@H](C)O)C(=O)N[C@@H](CCCN=C(N)N)C(=O)N[C@@H](CCCCN)C(=O)N[C@@H](CO)C(=O)N[C@@H](C)C(=O)N[C@@H](CCCN=C(N)N)C(=O)N[C@@H](CCCCN)C(N)=O. The first-order valence-corrected chi connectivity index (χ1v) is 32.5. The zero-order valence-corrected chi connectivity index (χ0v) is 56.2. The van der Waals surface area contributed by atoms with Crippen LogP contribution in [0.25, 0.3) is 0 Å². The van der Waals surface area contributed by atoms with E-state index >= 15 is 0 Å². The van der Waals surface area contributed by atoms with Crippen LogP contribution < -0.4 is 110 Å². The maximum Gasteiger partial charge on any atom is 0.245 e. The van der Waals surface area contributed by atoms with Gasteiger partial charge in [0.1, 0.15) is 54.4 Å². The van der Waals surface area contributed by atoms with Gasteiger partial charge in [0.25, 0.3) is 0 Å². The Balaban J connectivity index is 2.18. The fourth-order valence-electron chi connectivity index (χ4n) is 9.33. The third-order valence-electron chi connectivity index (χ3n) is 14.9. The number of aliphatic hydroxyl groups is 2. The lowest BCUT2D eigenvalue weighted by Gasteiger charge is -2.26. The second-order valence-electron chi connectivity index (χ2n) is 23.3. The van der Waals surface area contributed by atoms with Gasteiger partial charge in [-0.05, 0) is 128 Å². The van der Waals surface area contributed by atoms with Gasteiger partial charge in [-0.2, -0.15) is 0 Å². The molecule has 0 spiro atoms. The standard InChI is InChI=1S/C62H102N22O15/c1-35(76-48(88)33-75-60(99)50(37(3)86)84-58(97)45(25-24-38-16-6-4-7-17-38)78-49(89)32-73-47(87)31-74-54(93)40(65)30-39-18-8-5-9-19-39)52(91)80-44(23-15-29-72-62(69)70)56(95)82-42(21-11-13-27-64)57(96)83-46(34-85)59(98)77-36(2)53(92)81-43(22-14-28-71-61(67)68)55(94)79-41(51(66)90)20-10-12-26-63/h4-9,16-19,35-37,40-46,50,85-86H,10-15,20-34,63-65H2,1-3H3,(H2,66,90)(H,73,87)(H,74,93)(H,75,99)(H,76,88)(H,77,98)(H,78,89)(H,79,94)(H,80,91)(H,81,92)(H,82,95)(H,83,96)(H,84,97)(H4,67,68,71)(H4,69,70,72)/t35-,36-,37+,40-,41-,42-,43-,44-,45-,46-,50-/m0/s1. The minimum Gasteiger partial charge on any atom is -0.394 e. The van der Waals surface area contributed by atoms with Gasteiger partial charge in [-0.1, -0.05) is 60.7 Å². The molecule has 13 amide bonds. The first-order valence-electron chi connectivity index (χ1n) is 32.5. The molecule has 0 aromatic heterocycles. The Labute approximate surface area is 574 Å². The van der Waals surface area contributed by atoms with Crippen molar-refractivity contribution < 1.29 is 72.5 Å². The van der Waals surface area contributed by atoms with Gasteiger partial charge in [0, 0.05) is 13.1 Å². The first-order chi connectivity index (χ1) is 47.0. The number of hydrogen-bond donors (Lipinski definition) is 22. The molecule has 0 heterocycles. The highest BCUT2D eigenvalue weighted by Gasteiger charge is 2.34. The number of unbranched alkanes of at least 4 members (excludes halogenated alkanes) is 2. The normalized spacial score (nSPS) is 14.2. The van der Waals surface area contributed by atoms with Crippen LogP contribution in [0, 0.1) is 0 Å². The van der Waals surface area contributed by atoms with Crippen LogP contribution in [-0.2, 0) is 75.2 Å². The van der Waals surface area contributed by atoms with Gasteiger partial charge in [0.05, 0.1) is 38.4 Å². The third-order valence-corrected chi connectivity index (χ3v) is 14.9. The molecular formula is C62H102N22O15. The lowest BCUT2D eigenvalue weighted by Crippen LogP contribution is -2.60. The molecule has 0 aliphatic heterocycles. The van der Waals surface area contributed by atoms with E-state index in [1.807, 2.05) is 6.07 Å². The minimum atomic E-state index is -1.73. The molecule has 37 heteroatoms. The maximum atomic E-state index is 14.1. The molecule has 11 atom stereocenters. The number of aryl methyl sites for hydroxylation is 1. The number of hydrogen-bond acceptors (Lipinski definition) is 20. The van der Waals surface area contributed by atoms with Crippen molar-refractivity contribution in [2.75, 3.05) is 52.4 Å². The van der Waals surface area contributed by atoms with Crippen LogP contribution in [-0.4, -0.2) is 218 Å². The number of rotatable bonds is 48. The fourth-order valence-corrected chi connectivity index (χ4v) is 9.33. The number of guanidine groups is 2. The van der Waals surface area contributed by atoms with Gasteiger partial charge in [0.15, 0.2) is 11.9 Å². The van der Waals surface area contributed by atoms with Gasteiger partial charge >= 0.3 is 0 Å². The molecule has 0 aliphatic carbocycles. The molecule has 550 valence electrons. The summed E-state index contributed by atoms with van der Waals surface area (Å²) in [5.74, 6) is -12.0. The molecule has 2 aromatic rings. The van der Waals surface area contributed by atoms with Crippen molar-refractivity contribution in [2.24, 2.45) is 55.9 Å². The lowest BCUT2D eigenvalue weighted by atomic mass is 10.0. The average Bonchev–Trinajstić information content (AvgIpc) is 0.918. The van der Waals surface area contributed by atoms with E-state index in [0.717, 1.165) is 11.1 Å². The van der Waals surface area contributed by atoms with E-state index in [2.05, 4.69) is 73.8 Å². The predicted molar refractivity (Wildman–Crippen MR) is 364 cm³/mol. The number of nitrogens with two attached hydrogens (primary N) is 8. The molecule has 0 fully saturated rings. The second kappa shape index (κ2) is 46.9. The van der Waals surface area contributed by atoms with Crippen molar-refractivity contribution >= 4 is 88.7 Å². The Kier molecular flexibility index (Phi) is 40.3.